The van der Waals surface area contributed by atoms with Gasteiger partial charge in [0.25, 0.3) is 5.91 Å². The van der Waals surface area contributed by atoms with Crippen molar-refractivity contribution in [1.82, 2.24) is 9.13 Å². The number of aryl methyl sites for hydroxylation is 2. The summed E-state index contributed by atoms with van der Waals surface area (Å²) in [5.74, 6) is 1.52. The molecule has 0 saturated carbocycles. The topological polar surface area (TPSA) is 74.5 Å². The Morgan fingerprint density at radius 1 is 1.00 bits per heavy atom. The largest absolute Gasteiger partial charge is 0.484 e. The predicted octanol–water partition coefficient (Wildman–Crippen LogP) is 6.07. The summed E-state index contributed by atoms with van der Waals surface area (Å²) < 4.78 is 15.3. The Balaban J connectivity index is 1.19. The van der Waals surface area contributed by atoms with Gasteiger partial charge in [0.1, 0.15) is 5.75 Å². The summed E-state index contributed by atoms with van der Waals surface area (Å²) in [6.07, 6.45) is 1.06. The van der Waals surface area contributed by atoms with Gasteiger partial charge < -0.3 is 14.8 Å². The first kappa shape index (κ1) is 27.0. The molecule has 0 radical (unpaired) electrons. The maximum absolute atomic E-state index is 12.5. The fraction of sp³-hybridized carbons (Fsp3) is 0.355. The van der Waals surface area contributed by atoms with Crippen LogP contribution in [0, 0.1) is 11.8 Å². The zero-order valence-corrected chi connectivity index (χ0v) is 23.4. The van der Waals surface area contributed by atoms with Crippen molar-refractivity contribution >= 4 is 34.2 Å². The highest BCUT2D eigenvalue weighted by atomic mass is 35.5. The van der Waals surface area contributed by atoms with Crippen molar-refractivity contribution in [3.8, 4) is 5.75 Å². The van der Waals surface area contributed by atoms with Crippen LogP contribution in [0.1, 0.15) is 43.4 Å². The Labute approximate surface area is 233 Å². The van der Waals surface area contributed by atoms with Crippen LogP contribution in [-0.4, -0.2) is 28.3 Å². The van der Waals surface area contributed by atoms with E-state index in [0.29, 0.717) is 35.8 Å². The zero-order valence-electron chi connectivity index (χ0n) is 22.7. The average molecular weight is 548 g/mol. The molecule has 1 fully saturated rings. The second-order valence-corrected chi connectivity index (χ2v) is 11.1. The van der Waals surface area contributed by atoms with E-state index in [4.69, 9.17) is 21.1 Å². The zero-order chi connectivity index (χ0) is 27.7. The van der Waals surface area contributed by atoms with Gasteiger partial charge in [0, 0.05) is 30.7 Å². The number of aromatic nitrogens is 2. The second-order valence-electron chi connectivity index (χ2n) is 10.7. The number of carbonyl (C=O) groups excluding carboxylic acids is 1. The number of anilines is 1. The van der Waals surface area contributed by atoms with Crippen LogP contribution in [0.2, 0.25) is 5.02 Å². The smallest absolute Gasteiger partial charge is 0.328 e. The van der Waals surface area contributed by atoms with E-state index in [2.05, 4.69) is 31.3 Å². The van der Waals surface area contributed by atoms with Crippen molar-refractivity contribution in [3.05, 3.63) is 93.4 Å². The number of benzene rings is 3. The number of carbonyl (C=O) groups is 1. The number of nitrogens with one attached hydrogen (secondary N) is 1. The monoisotopic (exact) mass is 547 g/mol. The van der Waals surface area contributed by atoms with Crippen molar-refractivity contribution in [2.45, 2.75) is 32.3 Å². The molecule has 1 aliphatic rings. The van der Waals surface area contributed by atoms with Gasteiger partial charge in [-0.15, -0.1) is 0 Å². The number of halogens is 1. The number of nitrogens with zero attached hydrogens (tertiary/aromatic N) is 2. The van der Waals surface area contributed by atoms with Gasteiger partial charge in [-0.1, -0.05) is 49.7 Å². The lowest BCUT2D eigenvalue weighted by Crippen LogP contribution is -2.31. The molecule has 1 aromatic heterocycles. The van der Waals surface area contributed by atoms with Crippen LogP contribution >= 0.6 is 11.6 Å². The highest BCUT2D eigenvalue weighted by Gasteiger charge is 2.35. The molecule has 7 nitrogen and oxygen atoms in total. The SMILES string of the molecule is CC(C)[C@@H]1C[C@H](c2ccc(Cl)cc2)CO[C@H]1c1ccc(OCC(=O)Nc2ccc3c(c2)n(C)c(=O)n3C)cc1. The summed E-state index contributed by atoms with van der Waals surface area (Å²) in [7, 11) is 3.44. The Bertz CT molecular complexity index is 1520. The van der Waals surface area contributed by atoms with E-state index in [1.807, 2.05) is 42.5 Å². The summed E-state index contributed by atoms with van der Waals surface area (Å²) >= 11 is 6.08. The highest BCUT2D eigenvalue weighted by molar-refractivity contribution is 6.30. The minimum absolute atomic E-state index is 0.00904. The van der Waals surface area contributed by atoms with E-state index in [0.717, 1.165) is 28.0 Å². The molecule has 204 valence electrons. The molecule has 39 heavy (non-hydrogen) atoms. The van der Waals surface area contributed by atoms with E-state index >= 15 is 0 Å². The van der Waals surface area contributed by atoms with Crippen LogP contribution in [0.4, 0.5) is 5.69 Å². The standard InChI is InChI=1S/C31H34ClN3O4/c1-19(2)26-15-22(20-5-9-23(32)10-6-20)17-39-30(26)21-7-12-25(13-8-21)38-18-29(36)33-24-11-14-27-28(16-24)35(4)31(37)34(27)3/h5-14,16,19,22,26,30H,15,17-18H2,1-4H3,(H,33,36)/t22-,26-,30-/m0/s1. The first-order chi connectivity index (χ1) is 18.7. The molecule has 1 N–H and O–H groups in total. The molecule has 1 amide bonds. The number of hydrogen-bond acceptors (Lipinski definition) is 4. The van der Waals surface area contributed by atoms with E-state index in [1.54, 1.807) is 35.4 Å². The van der Waals surface area contributed by atoms with E-state index in [-0.39, 0.29) is 24.3 Å². The molecule has 4 aromatic rings. The minimum atomic E-state index is -0.275. The lowest BCUT2D eigenvalue weighted by atomic mass is 9.76. The van der Waals surface area contributed by atoms with Crippen LogP contribution in [0.3, 0.4) is 0 Å². The van der Waals surface area contributed by atoms with Crippen LogP contribution in [0.25, 0.3) is 11.0 Å². The Kier molecular flexibility index (Phi) is 7.82. The van der Waals surface area contributed by atoms with Crippen molar-refractivity contribution in [2.75, 3.05) is 18.5 Å². The number of imidazole rings is 1. The Morgan fingerprint density at radius 2 is 1.67 bits per heavy atom. The van der Waals surface area contributed by atoms with Crippen LogP contribution in [-0.2, 0) is 23.6 Å². The summed E-state index contributed by atoms with van der Waals surface area (Å²) in [6.45, 7) is 5.03. The molecule has 8 heteroatoms. The third-order valence-electron chi connectivity index (χ3n) is 7.75. The predicted molar refractivity (Wildman–Crippen MR) is 155 cm³/mol. The number of ether oxygens (including phenoxy) is 2. The normalized spacial score (nSPS) is 19.4. The van der Waals surface area contributed by atoms with Crippen LogP contribution in [0.15, 0.2) is 71.5 Å². The maximum Gasteiger partial charge on any atom is 0.328 e. The van der Waals surface area contributed by atoms with Gasteiger partial charge in [0.15, 0.2) is 6.61 Å². The Morgan fingerprint density at radius 3 is 2.36 bits per heavy atom. The summed E-state index contributed by atoms with van der Waals surface area (Å²) in [5, 5.41) is 3.59. The molecule has 0 unspecified atom stereocenters. The molecule has 0 aliphatic carbocycles. The molecule has 0 spiro atoms. The summed E-state index contributed by atoms with van der Waals surface area (Å²) in [4.78, 5) is 24.7. The van der Waals surface area contributed by atoms with Gasteiger partial charge >= 0.3 is 5.69 Å². The van der Waals surface area contributed by atoms with Crippen molar-refractivity contribution in [1.29, 1.82) is 0 Å². The first-order valence-corrected chi connectivity index (χ1v) is 13.6. The Hall–Kier alpha value is -3.55. The lowest BCUT2D eigenvalue weighted by Gasteiger charge is -2.39. The molecule has 1 aliphatic heterocycles. The number of fused-ring (bicyclic) bond motifs is 1. The van der Waals surface area contributed by atoms with Gasteiger partial charge in [0.2, 0.25) is 0 Å². The fourth-order valence-corrected chi connectivity index (χ4v) is 5.61. The van der Waals surface area contributed by atoms with Crippen molar-refractivity contribution in [2.24, 2.45) is 25.9 Å². The molecular formula is C31H34ClN3O4. The van der Waals surface area contributed by atoms with Gasteiger partial charge in [-0.05, 0) is 71.8 Å². The average Bonchev–Trinajstić information content (AvgIpc) is 3.15. The van der Waals surface area contributed by atoms with E-state index < -0.39 is 0 Å². The van der Waals surface area contributed by atoms with Crippen molar-refractivity contribution in [3.63, 3.8) is 0 Å². The molecule has 3 atom stereocenters. The third-order valence-corrected chi connectivity index (χ3v) is 8.01. The molecule has 5 rings (SSSR count). The van der Waals surface area contributed by atoms with E-state index in [9.17, 15) is 9.59 Å². The molecule has 0 bridgehead atoms. The fourth-order valence-electron chi connectivity index (χ4n) is 5.48. The maximum atomic E-state index is 12.5. The van der Waals surface area contributed by atoms with Gasteiger partial charge in [-0.2, -0.15) is 0 Å². The second kappa shape index (κ2) is 11.3. The minimum Gasteiger partial charge on any atom is -0.484 e. The van der Waals surface area contributed by atoms with E-state index in [1.165, 1.54) is 5.56 Å². The van der Waals surface area contributed by atoms with Gasteiger partial charge in [-0.25, -0.2) is 4.79 Å². The van der Waals surface area contributed by atoms with Gasteiger partial charge in [-0.3, -0.25) is 13.9 Å². The molecule has 2 heterocycles. The number of rotatable bonds is 7. The quantitative estimate of drug-likeness (QED) is 0.305. The number of hydrogen-bond donors (Lipinski definition) is 1. The molecular weight excluding hydrogens is 514 g/mol. The third kappa shape index (κ3) is 5.75. The molecule has 3 aromatic carbocycles. The van der Waals surface area contributed by atoms with Gasteiger partial charge in [0.05, 0.1) is 23.7 Å². The molecule has 1 saturated heterocycles. The van der Waals surface area contributed by atoms with Crippen molar-refractivity contribution < 1.29 is 14.3 Å². The highest BCUT2D eigenvalue weighted by Crippen LogP contribution is 2.43. The number of amides is 1. The van der Waals surface area contributed by atoms with Crippen LogP contribution in [0.5, 0.6) is 5.75 Å². The summed E-state index contributed by atoms with van der Waals surface area (Å²) in [5.41, 5.74) is 4.43. The lowest BCUT2D eigenvalue weighted by molar-refractivity contribution is -0.118. The first-order valence-electron chi connectivity index (χ1n) is 13.3. The van der Waals surface area contributed by atoms with Crippen LogP contribution < -0.4 is 15.7 Å². The summed E-state index contributed by atoms with van der Waals surface area (Å²) in [6, 6.07) is 21.3.